The van der Waals surface area contributed by atoms with Gasteiger partial charge in [0.05, 0.1) is 17.1 Å². The molecule has 0 spiro atoms. The Kier molecular flexibility index (Phi) is 5.36. The zero-order valence-corrected chi connectivity index (χ0v) is 14.2. The molecule has 0 amide bonds. The fourth-order valence-corrected chi connectivity index (χ4v) is 2.19. The number of aliphatic imine (C=N–C) groups is 1. The van der Waals surface area contributed by atoms with Gasteiger partial charge in [0.15, 0.2) is 11.5 Å². The van der Waals surface area contributed by atoms with Crippen molar-refractivity contribution < 1.29 is 9.68 Å². The van der Waals surface area contributed by atoms with Crippen molar-refractivity contribution in [1.29, 1.82) is 0 Å². The Morgan fingerprint density at radius 3 is 1.88 bits per heavy atom. The third-order valence-electron chi connectivity index (χ3n) is 3.59. The van der Waals surface area contributed by atoms with E-state index in [9.17, 15) is 0 Å². The third kappa shape index (κ3) is 4.64. The summed E-state index contributed by atoms with van der Waals surface area (Å²) in [4.78, 5) is 15.4. The Hall–Kier alpha value is -3.21. The molecule has 0 aromatic heterocycles. The topological polar surface area (TPSA) is 55.5 Å². The van der Waals surface area contributed by atoms with Crippen molar-refractivity contribution in [1.82, 2.24) is 0 Å². The highest BCUT2D eigenvalue weighted by molar-refractivity contribution is 6.43. The molecule has 1 aliphatic heterocycles. The van der Waals surface area contributed by atoms with Crippen molar-refractivity contribution in [2.45, 2.75) is 20.3 Å². The molecule has 0 saturated carbocycles. The molecule has 126 valence electrons. The van der Waals surface area contributed by atoms with Crippen molar-refractivity contribution >= 4 is 17.1 Å². The second kappa shape index (κ2) is 8.06. The van der Waals surface area contributed by atoms with Gasteiger partial charge >= 0.3 is 0 Å². The van der Waals surface area contributed by atoms with E-state index in [1.807, 2.05) is 80.6 Å². The number of oxime groups is 2. The van der Waals surface area contributed by atoms with Gasteiger partial charge in [0.1, 0.15) is 5.71 Å². The third-order valence-corrected chi connectivity index (χ3v) is 3.59. The first-order chi connectivity index (χ1) is 12.2. The molecular formula is C20H19N3O2. The summed E-state index contributed by atoms with van der Waals surface area (Å²) in [6.07, 6.45) is 2.70. The van der Waals surface area contributed by atoms with E-state index in [4.69, 9.17) is 9.68 Å². The highest BCUT2D eigenvalue weighted by atomic mass is 16.6. The van der Waals surface area contributed by atoms with Crippen LogP contribution in [-0.4, -0.2) is 17.1 Å². The molecule has 0 unspecified atom stereocenters. The maximum atomic E-state index is 5.41. The predicted octanol–water partition coefficient (Wildman–Crippen LogP) is 4.62. The molecule has 0 atom stereocenters. The predicted molar refractivity (Wildman–Crippen MR) is 100 cm³/mol. The first-order valence-electron chi connectivity index (χ1n) is 8.04. The van der Waals surface area contributed by atoms with Crippen LogP contribution in [0.25, 0.3) is 0 Å². The number of para-hydroxylation sites is 2. The number of rotatable bonds is 6. The molecule has 0 radical (unpaired) electrons. The quantitative estimate of drug-likeness (QED) is 0.572. The average molecular weight is 333 g/mol. The monoisotopic (exact) mass is 333 g/mol. The summed E-state index contributed by atoms with van der Waals surface area (Å²) >= 11 is 0. The Morgan fingerprint density at radius 2 is 1.32 bits per heavy atom. The fourth-order valence-electron chi connectivity index (χ4n) is 2.19. The van der Waals surface area contributed by atoms with Gasteiger partial charge in [-0.25, -0.2) is 4.99 Å². The summed E-state index contributed by atoms with van der Waals surface area (Å²) in [5, 5.41) is 8.28. The van der Waals surface area contributed by atoms with Crippen LogP contribution in [0.1, 0.15) is 20.3 Å². The van der Waals surface area contributed by atoms with Crippen molar-refractivity contribution in [3.8, 4) is 11.5 Å². The van der Waals surface area contributed by atoms with Gasteiger partial charge in [-0.2, -0.15) is 0 Å². The van der Waals surface area contributed by atoms with Gasteiger partial charge in [-0.15, -0.1) is 0 Å². The summed E-state index contributed by atoms with van der Waals surface area (Å²) in [6.45, 7) is 3.75. The molecule has 2 aromatic carbocycles. The highest BCUT2D eigenvalue weighted by Crippen LogP contribution is 2.16. The molecule has 2 aromatic rings. The first-order valence-corrected chi connectivity index (χ1v) is 8.04. The van der Waals surface area contributed by atoms with Crippen LogP contribution in [0, 0.1) is 0 Å². The first kappa shape index (κ1) is 16.6. The number of benzene rings is 2. The summed E-state index contributed by atoms with van der Waals surface area (Å²) in [5.74, 6) is 1.39. The molecule has 0 aliphatic carbocycles. The van der Waals surface area contributed by atoms with Gasteiger partial charge < -0.3 is 9.68 Å². The second-order valence-corrected chi connectivity index (χ2v) is 5.51. The van der Waals surface area contributed by atoms with E-state index in [0.717, 1.165) is 22.8 Å². The maximum Gasteiger partial charge on any atom is 0.157 e. The van der Waals surface area contributed by atoms with Crippen molar-refractivity contribution in [3.05, 3.63) is 72.4 Å². The largest absolute Gasteiger partial charge is 0.357 e. The lowest BCUT2D eigenvalue weighted by Crippen LogP contribution is -2.09. The lowest BCUT2D eigenvalue weighted by Gasteiger charge is -2.02. The standard InChI is InChI=1S/C20H19N3O2/c1-15(22-24-17-9-5-3-6-10-17)19-13-14-20(21-19)16(2)23-25-18-11-7-4-8-12-18/h3-13H,14H2,1-2H3/b22-15+,23-16+. The maximum absolute atomic E-state index is 5.41. The van der Waals surface area contributed by atoms with Crippen LogP contribution in [0.3, 0.4) is 0 Å². The summed E-state index contributed by atoms with van der Waals surface area (Å²) in [6, 6.07) is 18.9. The Morgan fingerprint density at radius 1 is 0.800 bits per heavy atom. The van der Waals surface area contributed by atoms with Gasteiger partial charge in [-0.3, -0.25) is 0 Å². The van der Waals surface area contributed by atoms with Gasteiger partial charge in [0.25, 0.3) is 0 Å². The van der Waals surface area contributed by atoms with E-state index in [0.29, 0.717) is 17.9 Å². The van der Waals surface area contributed by atoms with Crippen LogP contribution in [0.15, 0.2) is 87.7 Å². The molecule has 3 rings (SSSR count). The summed E-state index contributed by atoms with van der Waals surface area (Å²) in [5.41, 5.74) is 3.11. The van der Waals surface area contributed by atoms with Gasteiger partial charge in [-0.1, -0.05) is 52.8 Å². The zero-order chi connectivity index (χ0) is 17.5. The molecule has 0 fully saturated rings. The van der Waals surface area contributed by atoms with Crippen molar-refractivity contribution in [2.24, 2.45) is 15.3 Å². The lowest BCUT2D eigenvalue weighted by atomic mass is 10.2. The van der Waals surface area contributed by atoms with E-state index >= 15 is 0 Å². The Bertz CT molecular complexity index is 838. The molecule has 1 aliphatic rings. The molecule has 25 heavy (non-hydrogen) atoms. The molecular weight excluding hydrogens is 314 g/mol. The molecule has 5 heteroatoms. The van der Waals surface area contributed by atoms with E-state index in [1.165, 1.54) is 0 Å². The van der Waals surface area contributed by atoms with Crippen LogP contribution < -0.4 is 9.68 Å². The average Bonchev–Trinajstić information content (AvgIpc) is 3.16. The zero-order valence-electron chi connectivity index (χ0n) is 14.2. The molecule has 5 nitrogen and oxygen atoms in total. The Balaban J connectivity index is 1.62. The number of nitrogens with zero attached hydrogens (tertiary/aromatic N) is 3. The molecule has 1 heterocycles. The van der Waals surface area contributed by atoms with E-state index in [-0.39, 0.29) is 0 Å². The van der Waals surface area contributed by atoms with E-state index in [1.54, 1.807) is 0 Å². The van der Waals surface area contributed by atoms with Gasteiger partial charge in [0, 0.05) is 6.42 Å². The van der Waals surface area contributed by atoms with Crippen molar-refractivity contribution in [2.75, 3.05) is 0 Å². The highest BCUT2D eigenvalue weighted by Gasteiger charge is 2.14. The minimum atomic E-state index is 0.693. The molecule has 0 saturated heterocycles. The van der Waals surface area contributed by atoms with Crippen LogP contribution >= 0.6 is 0 Å². The number of hydrogen-bond donors (Lipinski definition) is 0. The van der Waals surface area contributed by atoms with Crippen LogP contribution in [-0.2, 0) is 0 Å². The van der Waals surface area contributed by atoms with Crippen LogP contribution in [0.4, 0.5) is 0 Å². The normalized spacial score (nSPS) is 14.8. The van der Waals surface area contributed by atoms with Crippen molar-refractivity contribution in [3.63, 3.8) is 0 Å². The molecule has 0 N–H and O–H groups in total. The minimum absolute atomic E-state index is 0.693. The van der Waals surface area contributed by atoms with Crippen LogP contribution in [0.5, 0.6) is 11.5 Å². The minimum Gasteiger partial charge on any atom is -0.357 e. The van der Waals surface area contributed by atoms with Crippen LogP contribution in [0.2, 0.25) is 0 Å². The number of hydrogen-bond acceptors (Lipinski definition) is 5. The second-order valence-electron chi connectivity index (χ2n) is 5.51. The van der Waals surface area contributed by atoms with E-state index < -0.39 is 0 Å². The lowest BCUT2D eigenvalue weighted by molar-refractivity contribution is 0.341. The summed E-state index contributed by atoms with van der Waals surface area (Å²) < 4.78 is 0. The molecule has 0 bridgehead atoms. The SMILES string of the molecule is C/C(=N\Oc1ccccc1)C1=CCC(/C(C)=N/Oc2ccccc2)=N1. The summed E-state index contributed by atoms with van der Waals surface area (Å²) in [7, 11) is 0. The fraction of sp³-hybridized carbons (Fsp3) is 0.150. The van der Waals surface area contributed by atoms with Gasteiger partial charge in [0.2, 0.25) is 0 Å². The number of allylic oxidation sites excluding steroid dienone is 2. The smallest absolute Gasteiger partial charge is 0.157 e. The Labute approximate surface area is 147 Å². The van der Waals surface area contributed by atoms with E-state index in [2.05, 4.69) is 15.3 Å². The van der Waals surface area contributed by atoms with Gasteiger partial charge in [-0.05, 0) is 38.1 Å².